The third-order valence-corrected chi connectivity index (χ3v) is 4.86. The second-order valence-corrected chi connectivity index (χ2v) is 6.58. The van der Waals surface area contributed by atoms with Gasteiger partial charge in [-0.15, -0.1) is 0 Å². The maximum Gasteiger partial charge on any atom is 0.508 e. The van der Waals surface area contributed by atoms with Crippen LogP contribution in [-0.4, -0.2) is 63.4 Å². The number of ether oxygens (including phenoxy) is 3. The van der Waals surface area contributed by atoms with Crippen molar-refractivity contribution < 1.29 is 38.6 Å². The molecule has 3 rings (SSSR count). The summed E-state index contributed by atoms with van der Waals surface area (Å²) in [6.45, 7) is 2.93. The lowest BCUT2D eigenvalue weighted by molar-refractivity contribution is -0.562. The molecule has 0 radical (unpaired) electrons. The van der Waals surface area contributed by atoms with Gasteiger partial charge in [0.2, 0.25) is 5.60 Å². The Kier molecular flexibility index (Phi) is 5.88. The Morgan fingerprint density at radius 3 is 2.77 bits per heavy atom. The van der Waals surface area contributed by atoms with E-state index in [9.17, 15) is 25.1 Å². The first-order valence-electron chi connectivity index (χ1n) is 9.27. The van der Waals surface area contributed by atoms with Gasteiger partial charge in [0.05, 0.1) is 6.61 Å². The fraction of sp³-hybridized carbons (Fsp3) is 0.500. The molecule has 0 unspecified atom stereocenters. The molecule has 2 aromatic rings. The van der Waals surface area contributed by atoms with E-state index in [1.165, 1.54) is 27.5 Å². The smallest absolute Gasteiger partial charge is 0.435 e. The summed E-state index contributed by atoms with van der Waals surface area (Å²) in [7, 11) is 0. The minimum absolute atomic E-state index is 0.0893. The second kappa shape index (κ2) is 8.23. The van der Waals surface area contributed by atoms with Gasteiger partial charge in [0.15, 0.2) is 5.52 Å². The van der Waals surface area contributed by atoms with Crippen molar-refractivity contribution in [3.05, 3.63) is 24.2 Å². The Morgan fingerprint density at radius 2 is 2.13 bits per heavy atom. The molecule has 0 aromatic carbocycles. The Balaban J connectivity index is 1.97. The quantitative estimate of drug-likeness (QED) is 0.413. The van der Waals surface area contributed by atoms with Gasteiger partial charge >= 0.3 is 6.16 Å². The standard InChI is InChI=1S/C18H21N5O7/c1-3-13(24)22-9-21-23-10(16(22)20)5-6-12(23)18(8-19)15(26)14(25)11(30-18)7-29-17(27)28-4-2/h5-6,9,11,14-15,20,25-26H,3-4,7H2,1-2H3/p+1/t11-,14-,15-,18+/m1/s1. The molecule has 2 aromatic heterocycles. The molecule has 12 nitrogen and oxygen atoms in total. The average Bonchev–Trinajstić information content (AvgIpc) is 3.28. The molecule has 1 fully saturated rings. The second-order valence-electron chi connectivity index (χ2n) is 6.58. The predicted octanol–water partition coefficient (Wildman–Crippen LogP) is -0.733. The summed E-state index contributed by atoms with van der Waals surface area (Å²) in [5.41, 5.74) is 4.44. The first-order chi connectivity index (χ1) is 14.3. The molecule has 4 atom stereocenters. The molecule has 0 amide bonds. The molecule has 1 aliphatic heterocycles. The zero-order valence-electron chi connectivity index (χ0n) is 16.4. The van der Waals surface area contributed by atoms with E-state index in [1.54, 1.807) is 13.8 Å². The molecule has 12 heteroatoms. The summed E-state index contributed by atoms with van der Waals surface area (Å²) in [6, 6.07) is 4.85. The number of carbonyl (C=O) groups excluding carboxylic acids is 2. The number of hydrogen-bond acceptors (Lipinski definition) is 10. The number of fused-ring (bicyclic) bond motifs is 1. The molecular weight excluding hydrogens is 398 g/mol. The van der Waals surface area contributed by atoms with E-state index in [-0.39, 0.29) is 30.4 Å². The first kappa shape index (κ1) is 21.4. The number of nitrogens with two attached hydrogens (primary N) is 1. The highest BCUT2D eigenvalue weighted by Crippen LogP contribution is 2.40. The van der Waals surface area contributed by atoms with Crippen molar-refractivity contribution in [1.82, 2.24) is 9.61 Å². The van der Waals surface area contributed by atoms with Crippen molar-refractivity contribution in [1.29, 1.82) is 5.26 Å². The van der Waals surface area contributed by atoms with Gasteiger partial charge in [-0.3, -0.25) is 4.79 Å². The molecule has 1 saturated heterocycles. The van der Waals surface area contributed by atoms with Crippen molar-refractivity contribution in [2.24, 2.45) is 0 Å². The molecule has 1 aliphatic rings. The number of anilines is 1. The largest absolute Gasteiger partial charge is 0.508 e. The fourth-order valence-electron chi connectivity index (χ4n) is 3.31. The molecule has 0 aliphatic carbocycles. The molecule has 0 spiro atoms. The number of nitrogens with zero attached hydrogens (tertiary/aromatic N) is 4. The van der Waals surface area contributed by atoms with Crippen molar-refractivity contribution in [3.8, 4) is 6.07 Å². The number of aromatic nitrogens is 3. The summed E-state index contributed by atoms with van der Waals surface area (Å²) in [5, 5.41) is 35.0. The topological polar surface area (TPSA) is 173 Å². The first-order valence-corrected chi connectivity index (χ1v) is 9.27. The van der Waals surface area contributed by atoms with Crippen molar-refractivity contribution >= 4 is 23.4 Å². The summed E-state index contributed by atoms with van der Waals surface area (Å²) in [5.74, 6) is -0.185. The number of aliphatic hydroxyl groups is 2. The number of nitrogen functional groups attached to an aromatic ring is 1. The van der Waals surface area contributed by atoms with Gasteiger partial charge in [0.25, 0.3) is 18.1 Å². The van der Waals surface area contributed by atoms with Crippen LogP contribution in [0.25, 0.3) is 5.52 Å². The normalized spacial score (nSPS) is 25.8. The van der Waals surface area contributed by atoms with E-state index in [4.69, 9.17) is 15.2 Å². The van der Waals surface area contributed by atoms with Crippen LogP contribution >= 0.6 is 0 Å². The molecular formula is C18H22N5O7+. The summed E-state index contributed by atoms with van der Waals surface area (Å²) < 4.78 is 17.6. The number of aliphatic hydroxyl groups excluding tert-OH is 2. The lowest BCUT2D eigenvalue weighted by Crippen LogP contribution is -2.46. The van der Waals surface area contributed by atoms with Gasteiger partial charge in [-0.2, -0.15) is 14.3 Å². The van der Waals surface area contributed by atoms with Crippen LogP contribution in [-0.2, 0) is 19.8 Å². The van der Waals surface area contributed by atoms with Crippen LogP contribution in [0.1, 0.15) is 30.8 Å². The number of nitriles is 1. The minimum Gasteiger partial charge on any atom is -0.435 e. The summed E-state index contributed by atoms with van der Waals surface area (Å²) in [4.78, 5) is 23.4. The van der Waals surface area contributed by atoms with E-state index in [0.717, 1.165) is 0 Å². The van der Waals surface area contributed by atoms with Crippen molar-refractivity contribution in [2.75, 3.05) is 18.9 Å². The maximum absolute atomic E-state index is 12.0. The lowest BCUT2D eigenvalue weighted by atomic mass is 9.92. The number of carbonyl (C=O) groups is 2. The lowest BCUT2D eigenvalue weighted by Gasteiger charge is -2.23. The Hall–Kier alpha value is -3.27. The van der Waals surface area contributed by atoms with Crippen LogP contribution in [0.5, 0.6) is 0 Å². The van der Waals surface area contributed by atoms with E-state index in [0.29, 0.717) is 5.52 Å². The minimum atomic E-state index is -2.02. The van der Waals surface area contributed by atoms with Crippen LogP contribution < -0.4 is 10.3 Å². The highest BCUT2D eigenvalue weighted by molar-refractivity contribution is 5.72. The Labute approximate surface area is 171 Å². The van der Waals surface area contributed by atoms with Crippen LogP contribution in [0.3, 0.4) is 0 Å². The zero-order valence-corrected chi connectivity index (χ0v) is 16.4. The van der Waals surface area contributed by atoms with Gasteiger partial charge in [0, 0.05) is 6.42 Å². The van der Waals surface area contributed by atoms with E-state index >= 15 is 0 Å². The highest BCUT2D eigenvalue weighted by Gasteiger charge is 2.58. The van der Waals surface area contributed by atoms with Crippen LogP contribution in [0.15, 0.2) is 18.5 Å². The van der Waals surface area contributed by atoms with Crippen molar-refractivity contribution in [2.45, 2.75) is 44.2 Å². The zero-order chi connectivity index (χ0) is 22.1. The van der Waals surface area contributed by atoms with E-state index in [2.05, 4.69) is 9.84 Å². The summed E-state index contributed by atoms with van der Waals surface area (Å²) in [6.07, 6.45) is -3.96. The molecule has 3 heterocycles. The van der Waals surface area contributed by atoms with Gasteiger partial charge in [-0.1, -0.05) is 6.92 Å². The number of hydrogen-bond donors (Lipinski definition) is 3. The summed E-state index contributed by atoms with van der Waals surface area (Å²) >= 11 is 0. The molecule has 30 heavy (non-hydrogen) atoms. The van der Waals surface area contributed by atoms with E-state index in [1.807, 2.05) is 6.07 Å². The predicted molar refractivity (Wildman–Crippen MR) is 97.9 cm³/mol. The SMILES string of the molecule is CCOC(=O)OC[C@H]1O[C@@](C#N)(c2ccc3c(N)[n+](C(=O)CC)cnn23)[C@H](O)[C@@H]1O. The number of rotatable bonds is 5. The monoisotopic (exact) mass is 420 g/mol. The van der Waals surface area contributed by atoms with Crippen molar-refractivity contribution in [3.63, 3.8) is 0 Å². The van der Waals surface area contributed by atoms with E-state index < -0.39 is 36.7 Å². The van der Waals surface area contributed by atoms with Gasteiger partial charge in [0.1, 0.15) is 36.7 Å². The van der Waals surface area contributed by atoms with Crippen LogP contribution in [0.2, 0.25) is 0 Å². The molecule has 0 bridgehead atoms. The third-order valence-electron chi connectivity index (χ3n) is 4.86. The van der Waals surface area contributed by atoms with Gasteiger partial charge < -0.3 is 30.2 Å². The fourth-order valence-corrected chi connectivity index (χ4v) is 3.31. The molecule has 160 valence electrons. The van der Waals surface area contributed by atoms with Crippen LogP contribution in [0.4, 0.5) is 10.6 Å². The highest BCUT2D eigenvalue weighted by atomic mass is 16.7. The maximum atomic E-state index is 12.0. The average molecular weight is 420 g/mol. The Bertz CT molecular complexity index is 1020. The van der Waals surface area contributed by atoms with Gasteiger partial charge in [-0.25, -0.2) is 4.79 Å². The van der Waals surface area contributed by atoms with Crippen LogP contribution in [0, 0.1) is 11.3 Å². The third kappa shape index (κ3) is 3.32. The van der Waals surface area contributed by atoms with Gasteiger partial charge in [-0.05, 0) is 24.2 Å². The Morgan fingerprint density at radius 1 is 1.40 bits per heavy atom. The molecule has 0 saturated carbocycles. The molecule has 4 N–H and O–H groups in total.